The molecule has 128 valence electrons. The van der Waals surface area contributed by atoms with Crippen molar-refractivity contribution in [3.8, 4) is 0 Å². The average Bonchev–Trinajstić information content (AvgIpc) is 1.76. The molecule has 0 aromatic carbocycles. The van der Waals surface area contributed by atoms with E-state index in [9.17, 15) is 16.8 Å². The van der Waals surface area contributed by atoms with Crippen molar-refractivity contribution >= 4 is 68.0 Å². The summed E-state index contributed by atoms with van der Waals surface area (Å²) in [6, 6.07) is 0. The fourth-order valence-electron chi connectivity index (χ4n) is 0. The first-order valence-corrected chi connectivity index (χ1v) is 11.8. The predicted octanol–water partition coefficient (Wildman–Crippen LogP) is 0.820. The molecule has 0 bridgehead atoms. The molecule has 0 aliphatic rings. The van der Waals surface area contributed by atoms with Crippen LogP contribution in [0.3, 0.4) is 0 Å². The molecule has 0 aliphatic heterocycles. The number of hydrogen-bond acceptors (Lipinski definition) is 4. The molecule has 0 aliphatic carbocycles. The molecule has 0 N–H and O–H groups in total. The van der Waals surface area contributed by atoms with Crippen LogP contribution in [-0.4, -0.2) is 66.9 Å². The molecule has 0 radical (unpaired) electrons. The van der Waals surface area contributed by atoms with Crippen LogP contribution >= 0.6 is 24.8 Å². The average molecular weight is 487 g/mol. The minimum atomic E-state index is -0.611. The van der Waals surface area contributed by atoms with Crippen LogP contribution in [0.25, 0.3) is 0 Å². The molecule has 0 fully saturated rings. The van der Waals surface area contributed by atoms with Crippen molar-refractivity contribution in [3.05, 3.63) is 0 Å². The van der Waals surface area contributed by atoms with Gasteiger partial charge in [-0.3, -0.25) is 16.8 Å². The normalized spacial score (nSPS) is 7.37. The van der Waals surface area contributed by atoms with Gasteiger partial charge in [0.1, 0.15) is 0 Å². The third-order valence-corrected chi connectivity index (χ3v) is 0. The van der Waals surface area contributed by atoms with Gasteiger partial charge in [-0.05, 0) is 0 Å². The Morgan fingerprint density at radius 3 is 0.421 bits per heavy atom. The van der Waals surface area contributed by atoms with Gasteiger partial charge in [-0.25, -0.2) is 0 Å². The van der Waals surface area contributed by atoms with Crippen LogP contribution in [0.4, 0.5) is 0 Å². The van der Waals surface area contributed by atoms with Gasteiger partial charge in [0.25, 0.3) is 0 Å². The van der Waals surface area contributed by atoms with Crippen molar-refractivity contribution in [2.24, 2.45) is 0 Å². The van der Waals surface area contributed by atoms with Crippen LogP contribution in [-0.2, 0) is 62.7 Å². The maximum absolute atomic E-state index is 9.56. The molecule has 19 heavy (non-hydrogen) atoms. The molecule has 11 heteroatoms. The third kappa shape index (κ3) is 1930. The summed E-state index contributed by atoms with van der Waals surface area (Å²) in [7, 11) is -2.44. The first kappa shape index (κ1) is 42.8. The molecule has 0 atom stereocenters. The fraction of sp³-hybridized carbons (Fsp3) is 1.00. The van der Waals surface area contributed by atoms with Crippen LogP contribution in [0, 0.1) is 0 Å². The van der Waals surface area contributed by atoms with E-state index in [0.717, 1.165) is 0 Å². The zero-order valence-electron chi connectivity index (χ0n) is 12.4. The van der Waals surface area contributed by atoms with E-state index in [4.69, 9.17) is 0 Å². The molecule has 0 aromatic heterocycles. The van der Waals surface area contributed by atoms with Crippen LogP contribution in [0.5, 0.6) is 0 Å². The second kappa shape index (κ2) is 36.7. The zero-order valence-corrected chi connectivity index (χ0v) is 19.1. The Kier molecular flexibility index (Phi) is 82.8. The molecule has 0 saturated carbocycles. The summed E-state index contributed by atoms with van der Waals surface area (Å²) in [5.74, 6) is 0. The minimum Gasteiger partial charge on any atom is -0.260 e. The molecule has 0 spiro atoms. The van der Waals surface area contributed by atoms with Gasteiger partial charge in [-0.1, -0.05) is 0 Å². The van der Waals surface area contributed by atoms with Crippen LogP contribution in [0.2, 0.25) is 0 Å². The third-order valence-electron chi connectivity index (χ3n) is 0. The smallest absolute Gasteiger partial charge is 0.0148 e. The van der Waals surface area contributed by atoms with Crippen molar-refractivity contribution in [1.82, 2.24) is 0 Å². The maximum atomic E-state index is 9.56. The van der Waals surface area contributed by atoms with Gasteiger partial charge < -0.3 is 0 Å². The van der Waals surface area contributed by atoms with Gasteiger partial charge in [0.15, 0.2) is 0 Å². The van der Waals surface area contributed by atoms with Gasteiger partial charge in [0.2, 0.25) is 0 Å². The molecule has 0 amide bonds. The first-order valence-electron chi connectivity index (χ1n) is 3.93. The van der Waals surface area contributed by atoms with Crippen molar-refractivity contribution < 1.29 is 36.3 Å². The Balaban J connectivity index is -0.0000000192. The summed E-state index contributed by atoms with van der Waals surface area (Å²) in [5.41, 5.74) is 0. The summed E-state index contributed by atoms with van der Waals surface area (Å²) in [6.07, 6.45) is 13.1. The van der Waals surface area contributed by atoms with Crippen molar-refractivity contribution in [1.29, 1.82) is 0 Å². The van der Waals surface area contributed by atoms with Gasteiger partial charge in [-0.2, -0.15) is 0 Å². The molecule has 0 aromatic rings. The second-order valence-electron chi connectivity index (χ2n) is 2.97. The van der Waals surface area contributed by atoms with E-state index >= 15 is 0 Å². The van der Waals surface area contributed by atoms with E-state index in [-0.39, 0.29) is 44.3 Å². The largest absolute Gasteiger partial charge is 0.260 e. The van der Waals surface area contributed by atoms with Gasteiger partial charge in [0.05, 0.1) is 0 Å². The fourth-order valence-corrected chi connectivity index (χ4v) is 0. The Hall–Kier alpha value is 1.80. The van der Waals surface area contributed by atoms with Crippen molar-refractivity contribution in [2.75, 3.05) is 50.0 Å². The summed E-state index contributed by atoms with van der Waals surface area (Å²) >= 11 is 0. The summed E-state index contributed by atoms with van der Waals surface area (Å²) < 4.78 is 38.2. The maximum Gasteiger partial charge on any atom is 0.0148 e. The van der Waals surface area contributed by atoms with Gasteiger partial charge in [-0.15, -0.1) is 24.8 Å². The Bertz CT molecular complexity index is 179. The predicted molar refractivity (Wildman–Crippen MR) is 94.5 cm³/mol. The molecule has 0 rings (SSSR count). The van der Waals surface area contributed by atoms with E-state index in [2.05, 4.69) is 0 Å². The summed E-state index contributed by atoms with van der Waals surface area (Å²) in [5, 5.41) is 0. The Morgan fingerprint density at radius 2 is 0.421 bits per heavy atom. The van der Waals surface area contributed by atoms with Crippen molar-refractivity contribution in [2.45, 2.75) is 0 Å². The molecular formula is C8H26Cl2O4RuS4. The summed E-state index contributed by atoms with van der Waals surface area (Å²) in [6.45, 7) is 0. The first-order chi connectivity index (χ1) is 6.93. The molecule has 0 saturated heterocycles. The molecule has 0 heterocycles. The molecular weight excluding hydrogens is 460 g/mol. The minimum absolute atomic E-state index is 0. The number of rotatable bonds is 0. The van der Waals surface area contributed by atoms with Crippen molar-refractivity contribution in [3.63, 3.8) is 0 Å². The second-order valence-corrected chi connectivity index (χ2v) is 8.90. The SMILES string of the molecule is CS(C)=O.CS(C)=O.CS(C)=O.CS(C)=O.Cl.Cl.[Ru]. The molecule has 0 unspecified atom stereocenters. The van der Waals surface area contributed by atoms with E-state index in [1.165, 1.54) is 0 Å². The van der Waals surface area contributed by atoms with E-state index < -0.39 is 43.2 Å². The quantitative estimate of drug-likeness (QED) is 0.476. The van der Waals surface area contributed by atoms with Gasteiger partial charge >= 0.3 is 0 Å². The van der Waals surface area contributed by atoms with Crippen LogP contribution in [0.1, 0.15) is 0 Å². The zero-order chi connectivity index (χ0) is 14.3. The Labute approximate surface area is 153 Å². The summed E-state index contributed by atoms with van der Waals surface area (Å²) in [4.78, 5) is 0. The number of hydrogen-bond donors (Lipinski definition) is 0. The standard InChI is InChI=1S/4C2H6OS.2ClH.Ru/c4*1-4(2)3;;;/h4*1-2H3;2*1H;. The van der Waals surface area contributed by atoms with Crippen LogP contribution in [0.15, 0.2) is 0 Å². The topological polar surface area (TPSA) is 68.3 Å². The molecule has 4 nitrogen and oxygen atoms in total. The van der Waals surface area contributed by atoms with Gasteiger partial charge in [0, 0.05) is 113 Å². The van der Waals surface area contributed by atoms with Crippen LogP contribution < -0.4 is 0 Å². The van der Waals surface area contributed by atoms with E-state index in [0.29, 0.717) is 0 Å². The monoisotopic (exact) mass is 486 g/mol. The van der Waals surface area contributed by atoms with E-state index in [1.54, 1.807) is 50.0 Å². The Morgan fingerprint density at radius 1 is 0.421 bits per heavy atom. The number of halogens is 2. The van der Waals surface area contributed by atoms with E-state index in [1.807, 2.05) is 0 Å².